The number of carbonyl (C=O) groups excluding carboxylic acids is 1. The Bertz CT molecular complexity index is 1140. The van der Waals surface area contributed by atoms with Gasteiger partial charge in [-0.05, 0) is 36.9 Å². The van der Waals surface area contributed by atoms with Crippen molar-refractivity contribution in [2.45, 2.75) is 30.2 Å². The molecule has 1 heterocycles. The first-order valence-electron chi connectivity index (χ1n) is 8.64. The number of rotatable bonds is 7. The van der Waals surface area contributed by atoms with E-state index < -0.39 is 10.0 Å². The molecule has 29 heavy (non-hydrogen) atoms. The number of aryl methyl sites for hydroxylation is 1. The zero-order valence-electron chi connectivity index (χ0n) is 16.1. The van der Waals surface area contributed by atoms with E-state index in [2.05, 4.69) is 20.2 Å². The van der Waals surface area contributed by atoms with Gasteiger partial charge in [0.25, 0.3) is 0 Å². The van der Waals surface area contributed by atoms with Gasteiger partial charge in [-0.15, -0.1) is 11.8 Å². The molecule has 0 radical (unpaired) electrons. The summed E-state index contributed by atoms with van der Waals surface area (Å²) >= 11 is 1.41. The molecule has 0 bridgehead atoms. The van der Waals surface area contributed by atoms with Crippen LogP contribution >= 0.6 is 11.8 Å². The molecular formula is C19H20N4O4S2. The minimum atomic E-state index is -3.84. The van der Waals surface area contributed by atoms with Crippen LogP contribution in [-0.4, -0.2) is 30.7 Å². The molecule has 8 nitrogen and oxygen atoms in total. The minimum absolute atomic E-state index is 0.0256. The van der Waals surface area contributed by atoms with Crippen LogP contribution in [0.3, 0.4) is 0 Å². The number of hydrogen-bond donors (Lipinski definition) is 2. The lowest BCUT2D eigenvalue weighted by Gasteiger charge is -2.11. The second-order valence-electron chi connectivity index (χ2n) is 6.19. The number of thioether (sulfide) groups is 1. The van der Waals surface area contributed by atoms with E-state index in [0.717, 1.165) is 16.0 Å². The lowest BCUT2D eigenvalue weighted by Crippen LogP contribution is -2.23. The fourth-order valence-electron chi connectivity index (χ4n) is 2.64. The molecule has 0 fully saturated rings. The first-order valence-corrected chi connectivity index (χ1v) is 11.3. The zero-order chi connectivity index (χ0) is 21.0. The van der Waals surface area contributed by atoms with Crippen LogP contribution in [0.1, 0.15) is 18.4 Å². The molecule has 1 amide bonds. The third kappa shape index (κ3) is 5.03. The highest BCUT2D eigenvalue weighted by Crippen LogP contribution is 2.28. The van der Waals surface area contributed by atoms with Crippen molar-refractivity contribution in [3.05, 3.63) is 53.9 Å². The number of nitrogens with one attached hydrogen (secondary N) is 2. The summed E-state index contributed by atoms with van der Waals surface area (Å²) in [6.07, 6.45) is 1.84. The maximum absolute atomic E-state index is 12.7. The normalized spacial score (nSPS) is 11.4. The number of carbonyl (C=O) groups is 1. The Morgan fingerprint density at radius 2 is 1.97 bits per heavy atom. The van der Waals surface area contributed by atoms with Gasteiger partial charge in [-0.2, -0.15) is 4.98 Å². The lowest BCUT2D eigenvalue weighted by atomic mass is 10.1. The molecule has 2 N–H and O–H groups in total. The van der Waals surface area contributed by atoms with Crippen LogP contribution in [0.25, 0.3) is 11.4 Å². The summed E-state index contributed by atoms with van der Waals surface area (Å²) in [5.74, 6) is 0.265. The van der Waals surface area contributed by atoms with Crippen molar-refractivity contribution in [1.82, 2.24) is 14.9 Å². The van der Waals surface area contributed by atoms with Crippen LogP contribution in [-0.2, 0) is 21.4 Å². The van der Waals surface area contributed by atoms with Crippen molar-refractivity contribution in [3.8, 4) is 11.4 Å². The van der Waals surface area contributed by atoms with E-state index >= 15 is 0 Å². The standard InChI is InChI=1S/C19H20N4O4S2/c1-12-6-4-5-7-15(12)19-22-18(27-23-19)11-20-29(25,26)14-8-9-17(28-3)16(10-14)21-13(2)24/h4-10,20H,11H2,1-3H3,(H,21,24). The van der Waals surface area contributed by atoms with Gasteiger partial charge in [-0.1, -0.05) is 29.4 Å². The highest BCUT2D eigenvalue weighted by molar-refractivity contribution is 7.98. The van der Waals surface area contributed by atoms with Gasteiger partial charge in [-0.25, -0.2) is 13.1 Å². The molecule has 3 rings (SSSR count). The number of sulfonamides is 1. The van der Waals surface area contributed by atoms with E-state index in [-0.39, 0.29) is 23.2 Å². The summed E-state index contributed by atoms with van der Waals surface area (Å²) < 4.78 is 32.9. The van der Waals surface area contributed by atoms with Crippen molar-refractivity contribution >= 4 is 33.4 Å². The van der Waals surface area contributed by atoms with Gasteiger partial charge in [-0.3, -0.25) is 4.79 Å². The van der Waals surface area contributed by atoms with Gasteiger partial charge in [0, 0.05) is 17.4 Å². The van der Waals surface area contributed by atoms with Crippen LogP contribution < -0.4 is 10.0 Å². The predicted molar refractivity (Wildman–Crippen MR) is 111 cm³/mol. The van der Waals surface area contributed by atoms with E-state index in [9.17, 15) is 13.2 Å². The Kier molecular flexibility index (Phi) is 6.36. The van der Waals surface area contributed by atoms with Gasteiger partial charge < -0.3 is 9.84 Å². The maximum atomic E-state index is 12.7. The van der Waals surface area contributed by atoms with Gasteiger partial charge in [0.15, 0.2) is 0 Å². The van der Waals surface area contributed by atoms with Gasteiger partial charge in [0.05, 0.1) is 17.1 Å². The summed E-state index contributed by atoms with van der Waals surface area (Å²) in [6, 6.07) is 12.1. The predicted octanol–water partition coefficient (Wildman–Crippen LogP) is 3.20. The average molecular weight is 433 g/mol. The summed E-state index contributed by atoms with van der Waals surface area (Å²) in [6.45, 7) is 3.14. The van der Waals surface area contributed by atoms with Crippen LogP contribution in [0.5, 0.6) is 0 Å². The molecule has 0 atom stereocenters. The topological polar surface area (TPSA) is 114 Å². The van der Waals surface area contributed by atoms with E-state index in [1.807, 2.05) is 37.4 Å². The third-order valence-corrected chi connectivity index (χ3v) is 6.25. The quantitative estimate of drug-likeness (QED) is 0.551. The van der Waals surface area contributed by atoms with Crippen molar-refractivity contribution in [2.75, 3.05) is 11.6 Å². The number of aromatic nitrogens is 2. The lowest BCUT2D eigenvalue weighted by molar-refractivity contribution is -0.114. The summed E-state index contributed by atoms with van der Waals surface area (Å²) in [4.78, 5) is 16.4. The number of amides is 1. The van der Waals surface area contributed by atoms with E-state index in [0.29, 0.717) is 11.5 Å². The largest absolute Gasteiger partial charge is 0.338 e. The number of nitrogens with zero attached hydrogens (tertiary/aromatic N) is 2. The molecule has 1 aromatic heterocycles. The summed E-state index contributed by atoms with van der Waals surface area (Å²) in [5, 5.41) is 6.56. The van der Waals surface area contributed by atoms with Crippen LogP contribution in [0.4, 0.5) is 5.69 Å². The van der Waals surface area contributed by atoms with Crippen molar-refractivity contribution < 1.29 is 17.7 Å². The molecule has 152 valence electrons. The van der Waals surface area contributed by atoms with Crippen molar-refractivity contribution in [1.29, 1.82) is 0 Å². The molecule has 10 heteroatoms. The molecule has 2 aromatic carbocycles. The molecule has 0 unspecified atom stereocenters. The third-order valence-electron chi connectivity index (χ3n) is 4.06. The fourth-order valence-corrected chi connectivity index (χ4v) is 4.18. The van der Waals surface area contributed by atoms with Crippen molar-refractivity contribution in [3.63, 3.8) is 0 Å². The average Bonchev–Trinajstić information content (AvgIpc) is 3.15. The van der Waals surface area contributed by atoms with E-state index in [1.165, 1.54) is 30.8 Å². The first-order chi connectivity index (χ1) is 13.8. The summed E-state index contributed by atoms with van der Waals surface area (Å²) in [5.41, 5.74) is 2.24. The molecule has 0 saturated heterocycles. The Balaban J connectivity index is 1.77. The monoisotopic (exact) mass is 432 g/mol. The molecule has 0 spiro atoms. The van der Waals surface area contributed by atoms with E-state index in [4.69, 9.17) is 4.52 Å². The number of anilines is 1. The molecule has 3 aromatic rings. The van der Waals surface area contributed by atoms with Gasteiger partial charge in [0.1, 0.15) is 0 Å². The molecular weight excluding hydrogens is 412 g/mol. The molecule has 0 aliphatic rings. The second-order valence-corrected chi connectivity index (χ2v) is 8.81. The first kappa shape index (κ1) is 21.0. The van der Waals surface area contributed by atoms with E-state index in [1.54, 1.807) is 6.07 Å². The highest BCUT2D eigenvalue weighted by Gasteiger charge is 2.18. The number of benzene rings is 2. The minimum Gasteiger partial charge on any atom is -0.338 e. The number of hydrogen-bond acceptors (Lipinski definition) is 7. The molecule has 0 aliphatic heterocycles. The SMILES string of the molecule is CSc1ccc(S(=O)(=O)NCc2nc(-c3ccccc3C)no2)cc1NC(C)=O. The van der Waals surface area contributed by atoms with Crippen LogP contribution in [0.15, 0.2) is 56.8 Å². The Morgan fingerprint density at radius 3 is 2.66 bits per heavy atom. The molecule has 0 saturated carbocycles. The highest BCUT2D eigenvalue weighted by atomic mass is 32.2. The Morgan fingerprint density at radius 1 is 1.21 bits per heavy atom. The maximum Gasteiger partial charge on any atom is 0.242 e. The van der Waals surface area contributed by atoms with Gasteiger partial charge in [0.2, 0.25) is 27.6 Å². The molecule has 0 aliphatic carbocycles. The van der Waals surface area contributed by atoms with Gasteiger partial charge >= 0.3 is 0 Å². The summed E-state index contributed by atoms with van der Waals surface area (Å²) in [7, 11) is -3.84. The second kappa shape index (κ2) is 8.76. The van der Waals surface area contributed by atoms with Crippen LogP contribution in [0.2, 0.25) is 0 Å². The zero-order valence-corrected chi connectivity index (χ0v) is 17.7. The Hall–Kier alpha value is -2.69. The van der Waals surface area contributed by atoms with Crippen LogP contribution in [0, 0.1) is 6.92 Å². The Labute approximate surface area is 173 Å². The smallest absolute Gasteiger partial charge is 0.242 e. The van der Waals surface area contributed by atoms with Crippen molar-refractivity contribution in [2.24, 2.45) is 0 Å². The fraction of sp³-hybridized carbons (Fsp3) is 0.211.